The zero-order chi connectivity index (χ0) is 17.6. The van der Waals surface area contributed by atoms with E-state index in [1.807, 2.05) is 13.8 Å². The lowest BCUT2D eigenvalue weighted by Gasteiger charge is -2.10. The monoisotopic (exact) mass is 401 g/mol. The Morgan fingerprint density at radius 3 is 2.54 bits per heavy atom. The van der Waals surface area contributed by atoms with Crippen molar-refractivity contribution in [2.24, 2.45) is 0 Å². The van der Waals surface area contributed by atoms with Gasteiger partial charge in [-0.05, 0) is 45.6 Å². The molecule has 8 heteroatoms. The summed E-state index contributed by atoms with van der Waals surface area (Å²) in [6, 6.07) is 4.54. The summed E-state index contributed by atoms with van der Waals surface area (Å²) in [4.78, 5) is 7.70. The van der Waals surface area contributed by atoms with Gasteiger partial charge in [0.1, 0.15) is 10.4 Å². The van der Waals surface area contributed by atoms with Crippen LogP contribution in [0.25, 0.3) is 16.9 Å². The number of rotatable bonds is 2. The number of alkyl halides is 3. The van der Waals surface area contributed by atoms with Crippen molar-refractivity contribution < 1.29 is 17.6 Å². The molecular weight excluding hydrogens is 390 g/mol. The molecule has 0 aliphatic rings. The molecule has 3 nitrogen and oxygen atoms in total. The molecule has 0 saturated heterocycles. The lowest BCUT2D eigenvalue weighted by Crippen LogP contribution is -2.06. The van der Waals surface area contributed by atoms with Gasteiger partial charge in [-0.15, -0.1) is 0 Å². The molecule has 2 heterocycles. The Bertz CT molecular complexity index is 916. The first kappa shape index (κ1) is 16.9. The van der Waals surface area contributed by atoms with Gasteiger partial charge >= 0.3 is 6.18 Å². The highest BCUT2D eigenvalue weighted by Crippen LogP contribution is 2.35. The third-order valence-electron chi connectivity index (χ3n) is 3.63. The van der Waals surface area contributed by atoms with Crippen LogP contribution >= 0.6 is 15.9 Å². The van der Waals surface area contributed by atoms with Crippen LogP contribution in [0.4, 0.5) is 17.6 Å². The number of aromatic nitrogens is 3. The van der Waals surface area contributed by atoms with Gasteiger partial charge in [0.15, 0.2) is 11.3 Å². The van der Waals surface area contributed by atoms with E-state index in [1.165, 1.54) is 22.9 Å². The second-order valence-electron chi connectivity index (χ2n) is 5.64. The molecule has 0 fully saturated rings. The summed E-state index contributed by atoms with van der Waals surface area (Å²) in [6.07, 6.45) is -1.86. The molecule has 0 aliphatic heterocycles. The number of halogens is 5. The van der Waals surface area contributed by atoms with Crippen LogP contribution in [-0.4, -0.2) is 14.4 Å². The van der Waals surface area contributed by atoms with Crippen LogP contribution in [0.5, 0.6) is 0 Å². The van der Waals surface area contributed by atoms with E-state index in [2.05, 4.69) is 25.9 Å². The Labute approximate surface area is 143 Å². The van der Waals surface area contributed by atoms with E-state index in [1.54, 1.807) is 12.1 Å². The zero-order valence-corrected chi connectivity index (χ0v) is 14.3. The number of nitrogens with zero attached hydrogens (tertiary/aromatic N) is 3. The van der Waals surface area contributed by atoms with Gasteiger partial charge in [-0.1, -0.05) is 13.8 Å². The highest BCUT2D eigenvalue weighted by atomic mass is 79.9. The van der Waals surface area contributed by atoms with Crippen molar-refractivity contribution in [3.8, 4) is 11.3 Å². The van der Waals surface area contributed by atoms with Crippen molar-refractivity contribution in [1.82, 2.24) is 14.4 Å². The van der Waals surface area contributed by atoms with Crippen molar-refractivity contribution in [2.45, 2.75) is 25.9 Å². The quantitative estimate of drug-likeness (QED) is 0.535. The fourth-order valence-corrected chi connectivity index (χ4v) is 3.00. The fourth-order valence-electron chi connectivity index (χ4n) is 2.40. The van der Waals surface area contributed by atoms with E-state index in [-0.39, 0.29) is 22.0 Å². The highest BCUT2D eigenvalue weighted by molar-refractivity contribution is 9.10. The van der Waals surface area contributed by atoms with Crippen LogP contribution in [0.1, 0.15) is 31.0 Å². The zero-order valence-electron chi connectivity index (χ0n) is 12.7. The first-order valence-electron chi connectivity index (χ1n) is 7.09. The average molecular weight is 402 g/mol. The molecule has 0 amide bonds. The van der Waals surface area contributed by atoms with Gasteiger partial charge in [0, 0.05) is 11.8 Å². The minimum Gasteiger partial charge on any atom is -0.290 e. The SMILES string of the molecule is CC(C)c1cc(-c2cn3c(Br)c(C(F)(F)F)nc3cn2)ccc1F. The molecule has 0 N–H and O–H groups in total. The first-order chi connectivity index (χ1) is 11.2. The molecule has 0 radical (unpaired) electrons. The maximum Gasteiger partial charge on any atom is 0.436 e. The van der Waals surface area contributed by atoms with E-state index in [0.29, 0.717) is 16.8 Å². The fraction of sp³-hybridized carbons (Fsp3) is 0.250. The van der Waals surface area contributed by atoms with Crippen LogP contribution in [0.3, 0.4) is 0 Å². The summed E-state index contributed by atoms with van der Waals surface area (Å²) in [5.74, 6) is -0.344. The van der Waals surface area contributed by atoms with Gasteiger partial charge in [0.2, 0.25) is 0 Å². The van der Waals surface area contributed by atoms with E-state index >= 15 is 0 Å². The summed E-state index contributed by atoms with van der Waals surface area (Å²) in [5, 5.41) is 0. The minimum atomic E-state index is -4.56. The van der Waals surface area contributed by atoms with Crippen LogP contribution < -0.4 is 0 Å². The van der Waals surface area contributed by atoms with Crippen LogP contribution in [-0.2, 0) is 6.18 Å². The van der Waals surface area contributed by atoms with Crippen molar-refractivity contribution in [1.29, 1.82) is 0 Å². The number of hydrogen-bond acceptors (Lipinski definition) is 2. The van der Waals surface area contributed by atoms with Crippen molar-refractivity contribution in [3.63, 3.8) is 0 Å². The van der Waals surface area contributed by atoms with Crippen molar-refractivity contribution >= 4 is 21.6 Å². The minimum absolute atomic E-state index is 0.0227. The van der Waals surface area contributed by atoms with Crippen LogP contribution in [0, 0.1) is 5.82 Å². The standard InChI is InChI=1S/C16H12BrF4N3/c1-8(2)10-5-9(3-4-11(10)18)12-7-24-13(6-22-12)23-14(15(24)17)16(19,20)21/h3-8H,1-2H3. The molecule has 24 heavy (non-hydrogen) atoms. The predicted octanol–water partition coefficient (Wildman–Crippen LogP) is 5.44. The van der Waals surface area contributed by atoms with Gasteiger partial charge < -0.3 is 0 Å². The summed E-state index contributed by atoms with van der Waals surface area (Å²) < 4.78 is 53.7. The third-order valence-corrected chi connectivity index (χ3v) is 4.39. The maximum atomic E-state index is 13.8. The van der Waals surface area contributed by atoms with E-state index in [4.69, 9.17) is 0 Å². The second-order valence-corrected chi connectivity index (χ2v) is 6.39. The van der Waals surface area contributed by atoms with Gasteiger partial charge in [-0.3, -0.25) is 9.38 Å². The molecule has 2 aromatic heterocycles. The van der Waals surface area contributed by atoms with Crippen molar-refractivity contribution in [2.75, 3.05) is 0 Å². The Balaban J connectivity index is 2.15. The Morgan fingerprint density at radius 2 is 1.92 bits per heavy atom. The maximum absolute atomic E-state index is 13.8. The molecule has 3 aromatic rings. The van der Waals surface area contributed by atoms with E-state index < -0.39 is 11.9 Å². The van der Waals surface area contributed by atoms with Crippen LogP contribution in [0.15, 0.2) is 35.2 Å². The van der Waals surface area contributed by atoms with Gasteiger partial charge in [0.05, 0.1) is 11.9 Å². The summed E-state index contributed by atoms with van der Waals surface area (Å²) >= 11 is 2.94. The summed E-state index contributed by atoms with van der Waals surface area (Å²) in [6.45, 7) is 3.72. The second kappa shape index (κ2) is 5.84. The lowest BCUT2D eigenvalue weighted by molar-refractivity contribution is -0.141. The molecule has 126 valence electrons. The molecule has 0 atom stereocenters. The first-order valence-corrected chi connectivity index (χ1v) is 7.88. The number of hydrogen-bond donors (Lipinski definition) is 0. The smallest absolute Gasteiger partial charge is 0.290 e. The topological polar surface area (TPSA) is 30.2 Å². The lowest BCUT2D eigenvalue weighted by atomic mass is 9.99. The predicted molar refractivity (Wildman–Crippen MR) is 85.2 cm³/mol. The highest BCUT2D eigenvalue weighted by Gasteiger charge is 2.37. The molecule has 0 saturated carbocycles. The van der Waals surface area contributed by atoms with Crippen LogP contribution in [0.2, 0.25) is 0 Å². The molecule has 3 rings (SSSR count). The molecular formula is C16H12BrF4N3. The number of fused-ring (bicyclic) bond motifs is 1. The number of imidazole rings is 1. The Kier molecular flexibility index (Phi) is 4.11. The molecule has 1 aromatic carbocycles. The van der Waals surface area contributed by atoms with Gasteiger partial charge in [0.25, 0.3) is 0 Å². The summed E-state index contributed by atoms with van der Waals surface area (Å²) in [7, 11) is 0. The van der Waals surface area contributed by atoms with E-state index in [9.17, 15) is 17.6 Å². The largest absolute Gasteiger partial charge is 0.436 e. The Morgan fingerprint density at radius 1 is 1.21 bits per heavy atom. The number of benzene rings is 1. The van der Waals surface area contributed by atoms with Gasteiger partial charge in [-0.25, -0.2) is 9.37 Å². The molecule has 0 aliphatic carbocycles. The average Bonchev–Trinajstić information content (AvgIpc) is 2.84. The van der Waals surface area contributed by atoms with E-state index in [0.717, 1.165) is 0 Å². The Hall–Kier alpha value is -1.96. The van der Waals surface area contributed by atoms with Crippen molar-refractivity contribution in [3.05, 3.63) is 52.3 Å². The normalized spacial score (nSPS) is 12.3. The van der Waals surface area contributed by atoms with Gasteiger partial charge in [-0.2, -0.15) is 13.2 Å². The molecule has 0 unspecified atom stereocenters. The summed E-state index contributed by atoms with van der Waals surface area (Å²) in [5.41, 5.74) is 0.634. The molecule has 0 bridgehead atoms. The third kappa shape index (κ3) is 2.90. The molecule has 0 spiro atoms.